The number of unbranched alkanes of at least 4 members (excludes halogenated alkanes) is 6. The Balaban J connectivity index is 1.92. The molecule has 0 atom stereocenters. The van der Waals surface area contributed by atoms with Gasteiger partial charge in [0.05, 0.1) is 11.1 Å². The molecule has 1 aromatic heterocycles. The minimum Gasteiger partial charge on any atom is -0.494 e. The molecule has 0 saturated heterocycles. The number of aromatic nitrogens is 1. The van der Waals surface area contributed by atoms with E-state index in [2.05, 4.69) is 6.92 Å². The Morgan fingerprint density at radius 2 is 1.68 bits per heavy atom. The lowest BCUT2D eigenvalue weighted by Crippen LogP contribution is -1.99. The molecule has 1 heterocycles. The van der Waals surface area contributed by atoms with Crippen LogP contribution in [-0.4, -0.2) is 15.5 Å². The van der Waals surface area contributed by atoms with Crippen molar-refractivity contribution in [1.82, 2.24) is 4.57 Å². The van der Waals surface area contributed by atoms with E-state index in [4.69, 9.17) is 0 Å². The molecule has 3 heteroatoms. The number of para-hydroxylation sites is 1. The topological polar surface area (TPSA) is 42.2 Å². The number of benzene rings is 1. The summed E-state index contributed by atoms with van der Waals surface area (Å²) in [6.07, 6.45) is 8.87. The van der Waals surface area contributed by atoms with Gasteiger partial charge in [-0.3, -0.25) is 4.79 Å². The Kier molecular flexibility index (Phi) is 6.05. The van der Waals surface area contributed by atoms with Crippen LogP contribution in [0.1, 0.15) is 68.6 Å². The van der Waals surface area contributed by atoms with E-state index in [0.717, 1.165) is 23.7 Å². The molecule has 0 radical (unpaired) electrons. The average molecular weight is 301 g/mol. The number of aromatic hydroxyl groups is 1. The largest absolute Gasteiger partial charge is 0.494 e. The summed E-state index contributed by atoms with van der Waals surface area (Å²) in [7, 11) is 1.79. The Labute approximate surface area is 133 Å². The maximum atomic E-state index is 12.5. The smallest absolute Gasteiger partial charge is 0.202 e. The predicted octanol–water partition coefficient (Wildman–Crippen LogP) is 5.21. The quantitative estimate of drug-likeness (QED) is 0.510. The average Bonchev–Trinajstić information content (AvgIpc) is 2.78. The molecular formula is C19H27NO2. The molecule has 1 N–H and O–H groups in total. The van der Waals surface area contributed by atoms with Gasteiger partial charge >= 0.3 is 0 Å². The van der Waals surface area contributed by atoms with Crippen LogP contribution in [0.4, 0.5) is 0 Å². The van der Waals surface area contributed by atoms with Gasteiger partial charge in [0.2, 0.25) is 5.88 Å². The molecule has 0 aliphatic heterocycles. The fourth-order valence-corrected chi connectivity index (χ4v) is 3.02. The van der Waals surface area contributed by atoms with Crippen LogP contribution in [-0.2, 0) is 7.05 Å². The third-order valence-corrected chi connectivity index (χ3v) is 4.36. The predicted molar refractivity (Wildman–Crippen MR) is 91.5 cm³/mol. The van der Waals surface area contributed by atoms with Crippen molar-refractivity contribution in [3.63, 3.8) is 0 Å². The molecular weight excluding hydrogens is 274 g/mol. The van der Waals surface area contributed by atoms with Crippen molar-refractivity contribution in [3.8, 4) is 5.88 Å². The second-order valence-corrected chi connectivity index (χ2v) is 6.07. The van der Waals surface area contributed by atoms with Gasteiger partial charge in [0.25, 0.3) is 0 Å². The van der Waals surface area contributed by atoms with Crippen LogP contribution in [0.3, 0.4) is 0 Å². The first kappa shape index (κ1) is 16.6. The lowest BCUT2D eigenvalue weighted by Gasteiger charge is -2.02. The van der Waals surface area contributed by atoms with Crippen molar-refractivity contribution in [2.24, 2.45) is 7.05 Å². The summed E-state index contributed by atoms with van der Waals surface area (Å²) in [6, 6.07) is 7.67. The number of ketones is 1. The lowest BCUT2D eigenvalue weighted by molar-refractivity contribution is 0.0977. The lowest BCUT2D eigenvalue weighted by atomic mass is 10.0. The first-order valence-corrected chi connectivity index (χ1v) is 8.46. The van der Waals surface area contributed by atoms with Crippen molar-refractivity contribution in [3.05, 3.63) is 29.8 Å². The number of aryl methyl sites for hydroxylation is 1. The zero-order valence-electron chi connectivity index (χ0n) is 13.8. The fraction of sp³-hybridized carbons (Fsp3) is 0.526. The van der Waals surface area contributed by atoms with Gasteiger partial charge in [-0.05, 0) is 12.5 Å². The number of fused-ring (bicyclic) bond motifs is 1. The maximum Gasteiger partial charge on any atom is 0.202 e. The second kappa shape index (κ2) is 8.02. The maximum absolute atomic E-state index is 12.5. The van der Waals surface area contributed by atoms with Gasteiger partial charge in [0, 0.05) is 18.9 Å². The molecule has 0 fully saturated rings. The van der Waals surface area contributed by atoms with Crippen LogP contribution in [0.5, 0.6) is 5.88 Å². The minimum atomic E-state index is 0.0582. The van der Waals surface area contributed by atoms with Gasteiger partial charge in [-0.15, -0.1) is 0 Å². The molecule has 0 saturated carbocycles. The van der Waals surface area contributed by atoms with Gasteiger partial charge in [-0.1, -0.05) is 63.6 Å². The van der Waals surface area contributed by atoms with Gasteiger partial charge in [0.15, 0.2) is 5.78 Å². The van der Waals surface area contributed by atoms with E-state index in [9.17, 15) is 9.90 Å². The van der Waals surface area contributed by atoms with Crippen LogP contribution < -0.4 is 0 Å². The molecule has 22 heavy (non-hydrogen) atoms. The van der Waals surface area contributed by atoms with Gasteiger partial charge in [0.1, 0.15) is 0 Å². The molecule has 0 aliphatic carbocycles. The Morgan fingerprint density at radius 1 is 1.05 bits per heavy atom. The summed E-state index contributed by atoms with van der Waals surface area (Å²) in [6.45, 7) is 2.22. The number of hydrogen-bond acceptors (Lipinski definition) is 2. The third-order valence-electron chi connectivity index (χ3n) is 4.36. The molecule has 0 spiro atoms. The Hall–Kier alpha value is -1.77. The SMILES string of the molecule is CCCCCCCCCC(=O)c1c(O)n(C)c2ccccc12. The summed E-state index contributed by atoms with van der Waals surface area (Å²) in [5.41, 5.74) is 1.40. The number of hydrogen-bond donors (Lipinski definition) is 1. The summed E-state index contributed by atoms with van der Waals surface area (Å²) in [5, 5.41) is 11.1. The highest BCUT2D eigenvalue weighted by Gasteiger charge is 2.19. The van der Waals surface area contributed by atoms with Crippen molar-refractivity contribution in [2.45, 2.75) is 58.3 Å². The zero-order chi connectivity index (χ0) is 15.9. The van der Waals surface area contributed by atoms with E-state index in [1.807, 2.05) is 24.3 Å². The minimum absolute atomic E-state index is 0.0582. The molecule has 0 aliphatic rings. The summed E-state index contributed by atoms with van der Waals surface area (Å²) in [5.74, 6) is 0.150. The summed E-state index contributed by atoms with van der Waals surface area (Å²) in [4.78, 5) is 12.5. The fourth-order valence-electron chi connectivity index (χ4n) is 3.02. The van der Waals surface area contributed by atoms with E-state index in [1.165, 1.54) is 32.1 Å². The van der Waals surface area contributed by atoms with Gasteiger partial charge in [-0.25, -0.2) is 0 Å². The highest BCUT2D eigenvalue weighted by atomic mass is 16.3. The first-order chi connectivity index (χ1) is 10.7. The van der Waals surface area contributed by atoms with Gasteiger partial charge < -0.3 is 9.67 Å². The van der Waals surface area contributed by atoms with E-state index in [1.54, 1.807) is 11.6 Å². The molecule has 0 unspecified atom stereocenters. The number of rotatable bonds is 9. The van der Waals surface area contributed by atoms with Gasteiger partial charge in [-0.2, -0.15) is 0 Å². The first-order valence-electron chi connectivity index (χ1n) is 8.46. The van der Waals surface area contributed by atoms with E-state index < -0.39 is 0 Å². The van der Waals surface area contributed by atoms with Crippen molar-refractivity contribution in [2.75, 3.05) is 0 Å². The number of carbonyl (C=O) groups excluding carboxylic acids is 1. The monoisotopic (exact) mass is 301 g/mol. The van der Waals surface area contributed by atoms with Crippen LogP contribution in [0.2, 0.25) is 0 Å². The third kappa shape index (κ3) is 3.70. The van der Waals surface area contributed by atoms with Crippen LogP contribution in [0.25, 0.3) is 10.9 Å². The summed E-state index contributed by atoms with van der Waals surface area (Å²) >= 11 is 0. The molecule has 120 valence electrons. The number of carbonyl (C=O) groups is 1. The number of Topliss-reactive ketones (excluding diaryl/α,β-unsaturated/α-hetero) is 1. The number of nitrogens with zero attached hydrogens (tertiary/aromatic N) is 1. The highest BCUT2D eigenvalue weighted by molar-refractivity contribution is 6.10. The van der Waals surface area contributed by atoms with E-state index >= 15 is 0 Å². The van der Waals surface area contributed by atoms with Crippen LogP contribution in [0, 0.1) is 0 Å². The molecule has 2 rings (SSSR count). The van der Waals surface area contributed by atoms with Crippen LogP contribution in [0.15, 0.2) is 24.3 Å². The Morgan fingerprint density at radius 3 is 2.41 bits per heavy atom. The molecule has 0 bridgehead atoms. The standard InChI is InChI=1S/C19H27NO2/c1-3-4-5-6-7-8-9-14-17(21)18-15-12-10-11-13-16(15)20(2)19(18)22/h10-13,22H,3-9,14H2,1-2H3. The molecule has 3 nitrogen and oxygen atoms in total. The van der Waals surface area contributed by atoms with E-state index in [0.29, 0.717) is 12.0 Å². The normalized spacial score (nSPS) is 11.2. The van der Waals surface area contributed by atoms with E-state index in [-0.39, 0.29) is 11.7 Å². The molecule has 2 aromatic rings. The second-order valence-electron chi connectivity index (χ2n) is 6.07. The van der Waals surface area contributed by atoms with Crippen molar-refractivity contribution >= 4 is 16.7 Å². The summed E-state index contributed by atoms with van der Waals surface area (Å²) < 4.78 is 1.69. The molecule has 1 aromatic carbocycles. The Bertz CT molecular complexity index is 628. The highest BCUT2D eigenvalue weighted by Crippen LogP contribution is 2.31. The zero-order valence-corrected chi connectivity index (χ0v) is 13.8. The van der Waals surface area contributed by atoms with Crippen molar-refractivity contribution < 1.29 is 9.90 Å². The van der Waals surface area contributed by atoms with Crippen LogP contribution >= 0.6 is 0 Å². The molecule has 0 amide bonds. The van der Waals surface area contributed by atoms with Crippen molar-refractivity contribution in [1.29, 1.82) is 0 Å².